The lowest BCUT2D eigenvalue weighted by Gasteiger charge is -2.11. The fourth-order valence-electron chi connectivity index (χ4n) is 2.65. The molecule has 1 amide bonds. The van der Waals surface area contributed by atoms with Crippen molar-refractivity contribution in [1.82, 2.24) is 20.4 Å². The highest BCUT2D eigenvalue weighted by Crippen LogP contribution is 2.24. The minimum atomic E-state index is -0.203. The van der Waals surface area contributed by atoms with Crippen LogP contribution in [0, 0.1) is 20.8 Å². The summed E-state index contributed by atoms with van der Waals surface area (Å²) in [7, 11) is 1.55. The molecule has 0 fully saturated rings. The number of hydrogen-bond acceptors (Lipinski definition) is 6. The van der Waals surface area contributed by atoms with E-state index in [1.807, 2.05) is 32.9 Å². The molecule has 2 heterocycles. The monoisotopic (exact) mass is 340 g/mol. The van der Waals surface area contributed by atoms with Gasteiger partial charge in [0.2, 0.25) is 5.89 Å². The number of ether oxygens (including phenoxy) is 1. The Kier molecular flexibility index (Phi) is 4.76. The van der Waals surface area contributed by atoms with Gasteiger partial charge in [-0.2, -0.15) is 4.98 Å². The van der Waals surface area contributed by atoms with Crippen LogP contribution in [0.3, 0.4) is 0 Å². The van der Waals surface area contributed by atoms with Crippen molar-refractivity contribution in [3.63, 3.8) is 0 Å². The number of methoxy groups -OCH3 is 1. The van der Waals surface area contributed by atoms with Gasteiger partial charge in [0, 0.05) is 18.2 Å². The second kappa shape index (κ2) is 6.98. The van der Waals surface area contributed by atoms with Crippen LogP contribution in [0.15, 0.2) is 22.7 Å². The van der Waals surface area contributed by atoms with Gasteiger partial charge in [-0.25, -0.2) is 0 Å². The van der Waals surface area contributed by atoms with Gasteiger partial charge in [0.15, 0.2) is 5.82 Å². The van der Waals surface area contributed by atoms with Crippen molar-refractivity contribution in [3.05, 3.63) is 52.3 Å². The molecule has 130 valence electrons. The standard InChI is InChI=1S/C18H20N4O3/c1-10-5-6-13-14(7-11(2)20-17(13)12(10)3)18(23)19-8-16-21-15(9-24-4)22-25-16/h5-7H,8-9H2,1-4H3,(H,19,23). The van der Waals surface area contributed by atoms with Crippen molar-refractivity contribution in [2.45, 2.75) is 33.9 Å². The van der Waals surface area contributed by atoms with Crippen LogP contribution in [0.4, 0.5) is 0 Å². The largest absolute Gasteiger partial charge is 0.377 e. The van der Waals surface area contributed by atoms with Crippen molar-refractivity contribution >= 4 is 16.8 Å². The smallest absolute Gasteiger partial charge is 0.252 e. The van der Waals surface area contributed by atoms with Gasteiger partial charge in [-0.15, -0.1) is 0 Å². The number of rotatable bonds is 5. The number of fused-ring (bicyclic) bond motifs is 1. The van der Waals surface area contributed by atoms with Gasteiger partial charge >= 0.3 is 0 Å². The molecular formula is C18H20N4O3. The molecule has 0 radical (unpaired) electrons. The van der Waals surface area contributed by atoms with Crippen LogP contribution in [0.5, 0.6) is 0 Å². The number of carbonyl (C=O) groups excluding carboxylic acids is 1. The number of amides is 1. The molecule has 0 atom stereocenters. The Balaban J connectivity index is 1.85. The Morgan fingerprint density at radius 1 is 1.24 bits per heavy atom. The van der Waals surface area contributed by atoms with E-state index in [4.69, 9.17) is 9.26 Å². The van der Waals surface area contributed by atoms with Crippen molar-refractivity contribution in [2.24, 2.45) is 0 Å². The number of carbonyl (C=O) groups is 1. The van der Waals surface area contributed by atoms with Crippen molar-refractivity contribution in [3.8, 4) is 0 Å². The molecule has 0 aliphatic carbocycles. The van der Waals surface area contributed by atoms with Gasteiger partial charge in [-0.05, 0) is 38.0 Å². The first-order chi connectivity index (χ1) is 12.0. The Hall–Kier alpha value is -2.80. The molecule has 0 spiro atoms. The van der Waals surface area contributed by atoms with Crippen LogP contribution in [-0.2, 0) is 17.9 Å². The number of benzene rings is 1. The van der Waals surface area contributed by atoms with Gasteiger partial charge in [0.1, 0.15) is 6.61 Å². The summed E-state index contributed by atoms with van der Waals surface area (Å²) in [5.41, 5.74) is 4.46. The van der Waals surface area contributed by atoms with Gasteiger partial charge in [0.05, 0.1) is 17.6 Å². The highest BCUT2D eigenvalue weighted by molar-refractivity contribution is 6.06. The molecule has 0 aliphatic rings. The zero-order valence-corrected chi connectivity index (χ0v) is 14.7. The molecular weight excluding hydrogens is 320 g/mol. The lowest BCUT2D eigenvalue weighted by atomic mass is 10.0. The summed E-state index contributed by atoms with van der Waals surface area (Å²) in [6, 6.07) is 5.72. The Labute approximate surface area is 145 Å². The van der Waals surface area contributed by atoms with Gasteiger partial charge in [-0.3, -0.25) is 9.78 Å². The third-order valence-corrected chi connectivity index (χ3v) is 4.06. The second-order valence-electron chi connectivity index (χ2n) is 5.93. The van der Waals surface area contributed by atoms with E-state index in [1.165, 1.54) is 0 Å². The third-order valence-electron chi connectivity index (χ3n) is 4.06. The van der Waals surface area contributed by atoms with Crippen LogP contribution >= 0.6 is 0 Å². The predicted molar refractivity (Wildman–Crippen MR) is 92.1 cm³/mol. The number of nitrogens with zero attached hydrogens (tertiary/aromatic N) is 3. The fraction of sp³-hybridized carbons (Fsp3) is 0.333. The van der Waals surface area contributed by atoms with Crippen molar-refractivity contribution in [2.75, 3.05) is 7.11 Å². The van der Waals surface area contributed by atoms with Gasteiger partial charge in [0.25, 0.3) is 5.91 Å². The van der Waals surface area contributed by atoms with Crippen molar-refractivity contribution < 1.29 is 14.1 Å². The zero-order chi connectivity index (χ0) is 18.0. The molecule has 7 heteroatoms. The molecule has 1 aromatic carbocycles. The van der Waals surface area contributed by atoms with Gasteiger partial charge < -0.3 is 14.6 Å². The lowest BCUT2D eigenvalue weighted by molar-refractivity contribution is 0.0947. The topological polar surface area (TPSA) is 90.1 Å². The first kappa shape index (κ1) is 17.0. The molecule has 0 bridgehead atoms. The van der Waals surface area contributed by atoms with Gasteiger partial charge in [-0.1, -0.05) is 17.3 Å². The fourth-order valence-corrected chi connectivity index (χ4v) is 2.65. The average molecular weight is 340 g/mol. The van der Waals surface area contributed by atoms with E-state index < -0.39 is 0 Å². The number of nitrogens with one attached hydrogen (secondary N) is 1. The maximum atomic E-state index is 12.7. The minimum Gasteiger partial charge on any atom is -0.377 e. The maximum absolute atomic E-state index is 12.7. The quantitative estimate of drug-likeness (QED) is 0.768. The molecule has 2 aromatic heterocycles. The maximum Gasteiger partial charge on any atom is 0.252 e. The Bertz CT molecular complexity index is 933. The molecule has 25 heavy (non-hydrogen) atoms. The third kappa shape index (κ3) is 3.51. The molecule has 0 saturated carbocycles. The molecule has 1 N–H and O–H groups in total. The van der Waals surface area contributed by atoms with Crippen LogP contribution < -0.4 is 5.32 Å². The minimum absolute atomic E-state index is 0.156. The normalized spacial score (nSPS) is 11.0. The Morgan fingerprint density at radius 2 is 2.04 bits per heavy atom. The lowest BCUT2D eigenvalue weighted by Crippen LogP contribution is -2.23. The van der Waals surface area contributed by atoms with E-state index >= 15 is 0 Å². The summed E-state index contributed by atoms with van der Waals surface area (Å²) >= 11 is 0. The first-order valence-electron chi connectivity index (χ1n) is 7.95. The van der Waals surface area contributed by atoms with E-state index in [1.54, 1.807) is 13.2 Å². The predicted octanol–water partition coefficient (Wildman–Crippen LogP) is 2.62. The summed E-state index contributed by atoms with van der Waals surface area (Å²) in [6.07, 6.45) is 0. The Morgan fingerprint density at radius 3 is 2.80 bits per heavy atom. The second-order valence-corrected chi connectivity index (χ2v) is 5.93. The zero-order valence-electron chi connectivity index (χ0n) is 14.7. The highest BCUT2D eigenvalue weighted by atomic mass is 16.5. The van der Waals surface area contributed by atoms with Crippen molar-refractivity contribution in [1.29, 1.82) is 0 Å². The number of pyridine rings is 1. The summed E-state index contributed by atoms with van der Waals surface area (Å²) in [5.74, 6) is 0.579. The first-order valence-corrected chi connectivity index (χ1v) is 7.95. The summed E-state index contributed by atoms with van der Waals surface area (Å²) in [5, 5.41) is 7.42. The van der Waals surface area contributed by atoms with Crippen LogP contribution in [0.2, 0.25) is 0 Å². The number of aromatic nitrogens is 3. The van der Waals surface area contributed by atoms with E-state index in [0.29, 0.717) is 17.3 Å². The van der Waals surface area contributed by atoms with E-state index in [9.17, 15) is 4.79 Å². The number of hydrogen-bond donors (Lipinski definition) is 1. The molecule has 3 rings (SSSR count). The molecule has 0 aliphatic heterocycles. The molecule has 0 saturated heterocycles. The summed E-state index contributed by atoms with van der Waals surface area (Å²) in [6.45, 7) is 6.35. The molecule has 3 aromatic rings. The van der Waals surface area contributed by atoms with E-state index in [2.05, 4.69) is 20.4 Å². The van der Waals surface area contributed by atoms with E-state index in [-0.39, 0.29) is 19.1 Å². The van der Waals surface area contributed by atoms with Crippen LogP contribution in [0.1, 0.15) is 38.9 Å². The van der Waals surface area contributed by atoms with Crippen LogP contribution in [-0.4, -0.2) is 28.1 Å². The summed E-state index contributed by atoms with van der Waals surface area (Å²) < 4.78 is 10.0. The van der Waals surface area contributed by atoms with E-state index in [0.717, 1.165) is 27.7 Å². The number of aryl methyl sites for hydroxylation is 3. The average Bonchev–Trinajstić information content (AvgIpc) is 3.04. The molecule has 7 nitrogen and oxygen atoms in total. The SMILES string of the molecule is COCc1noc(CNC(=O)c2cc(C)nc3c(C)c(C)ccc23)n1. The molecule has 0 unspecified atom stereocenters. The highest BCUT2D eigenvalue weighted by Gasteiger charge is 2.15. The van der Waals surface area contributed by atoms with Crippen LogP contribution in [0.25, 0.3) is 10.9 Å². The summed E-state index contributed by atoms with van der Waals surface area (Å²) in [4.78, 5) is 21.4.